The molecule has 1 aromatic carbocycles. The van der Waals surface area contributed by atoms with Crippen molar-refractivity contribution in [3.05, 3.63) is 23.8 Å². The Labute approximate surface area is 126 Å². The van der Waals surface area contributed by atoms with Crippen LogP contribution in [-0.4, -0.2) is 41.8 Å². The van der Waals surface area contributed by atoms with Gasteiger partial charge in [-0.3, -0.25) is 0 Å². The van der Waals surface area contributed by atoms with Crippen LogP contribution < -0.4 is 14.8 Å². The Morgan fingerprint density at radius 3 is 2.57 bits per heavy atom. The zero-order valence-corrected chi connectivity index (χ0v) is 13.6. The van der Waals surface area contributed by atoms with Crippen molar-refractivity contribution in [2.75, 3.05) is 33.4 Å². The number of rotatable bonds is 10. The van der Waals surface area contributed by atoms with Gasteiger partial charge in [-0.2, -0.15) is 0 Å². The third-order valence-corrected chi connectivity index (χ3v) is 4.21. The second-order valence-electron chi connectivity index (χ2n) is 4.33. The molecule has 0 unspecified atom stereocenters. The molecule has 0 aromatic heterocycles. The van der Waals surface area contributed by atoms with Gasteiger partial charge in [-0.05, 0) is 39.1 Å². The van der Waals surface area contributed by atoms with Crippen LogP contribution in [0.4, 0.5) is 0 Å². The highest BCUT2D eigenvalue weighted by Crippen LogP contribution is 2.22. The van der Waals surface area contributed by atoms with Crippen LogP contribution in [0, 0.1) is 0 Å². The first-order valence-corrected chi connectivity index (χ1v) is 8.51. The summed E-state index contributed by atoms with van der Waals surface area (Å²) in [4.78, 5) is 0.229. The summed E-state index contributed by atoms with van der Waals surface area (Å²) in [6.45, 7) is 6.01. The first-order valence-electron chi connectivity index (χ1n) is 7.02. The smallest absolute Gasteiger partial charge is 0.240 e. The molecule has 0 amide bonds. The molecule has 1 rings (SSSR count). The van der Waals surface area contributed by atoms with Gasteiger partial charge in [0.05, 0.1) is 18.1 Å². The fourth-order valence-corrected chi connectivity index (χ4v) is 2.89. The summed E-state index contributed by atoms with van der Waals surface area (Å²) in [5, 5.41) is 3.01. The summed E-state index contributed by atoms with van der Waals surface area (Å²) in [7, 11) is -1.72. The van der Waals surface area contributed by atoms with Gasteiger partial charge >= 0.3 is 0 Å². The van der Waals surface area contributed by atoms with Gasteiger partial charge in [-0.25, -0.2) is 13.1 Å². The number of sulfonamides is 1. The van der Waals surface area contributed by atoms with E-state index in [4.69, 9.17) is 9.47 Å². The van der Waals surface area contributed by atoms with Crippen molar-refractivity contribution in [2.45, 2.75) is 25.3 Å². The van der Waals surface area contributed by atoms with Crippen molar-refractivity contribution < 1.29 is 17.9 Å². The molecule has 21 heavy (non-hydrogen) atoms. The maximum atomic E-state index is 12.2. The summed E-state index contributed by atoms with van der Waals surface area (Å²) in [6, 6.07) is 4.87. The molecule has 0 saturated heterocycles. The van der Waals surface area contributed by atoms with Gasteiger partial charge in [0.15, 0.2) is 0 Å². The Bertz CT molecular complexity index is 532. The van der Waals surface area contributed by atoms with Gasteiger partial charge < -0.3 is 14.8 Å². The number of nitrogens with one attached hydrogen (secondary N) is 2. The molecule has 0 heterocycles. The molecule has 0 saturated carbocycles. The van der Waals surface area contributed by atoms with Gasteiger partial charge in [0.1, 0.15) is 5.75 Å². The topological polar surface area (TPSA) is 76.7 Å². The predicted octanol–water partition coefficient (Wildman–Crippen LogP) is 1.12. The lowest BCUT2D eigenvalue weighted by molar-refractivity contribution is 0.153. The largest absolute Gasteiger partial charge is 0.494 e. The maximum absolute atomic E-state index is 12.2. The summed E-state index contributed by atoms with van der Waals surface area (Å²) in [5.41, 5.74) is 0.812. The van der Waals surface area contributed by atoms with E-state index in [2.05, 4.69) is 10.0 Å². The SMILES string of the molecule is CCOCCNS(=O)(=O)c1ccc(OCC)c(CNC)c1. The molecule has 6 nitrogen and oxygen atoms in total. The van der Waals surface area contributed by atoms with Crippen LogP contribution in [-0.2, 0) is 21.3 Å². The average Bonchev–Trinajstić information content (AvgIpc) is 2.46. The van der Waals surface area contributed by atoms with E-state index < -0.39 is 10.0 Å². The third kappa shape index (κ3) is 5.62. The third-order valence-electron chi connectivity index (χ3n) is 2.75. The van der Waals surface area contributed by atoms with Crippen LogP contribution in [0.1, 0.15) is 19.4 Å². The lowest BCUT2D eigenvalue weighted by atomic mass is 10.2. The molecule has 0 radical (unpaired) electrons. The van der Waals surface area contributed by atoms with Crippen molar-refractivity contribution in [3.8, 4) is 5.75 Å². The summed E-state index contributed by atoms with van der Waals surface area (Å²) in [6.07, 6.45) is 0. The van der Waals surface area contributed by atoms with Crippen LogP contribution in [0.3, 0.4) is 0 Å². The van der Waals surface area contributed by atoms with Gasteiger partial charge in [0, 0.05) is 25.3 Å². The quantitative estimate of drug-likeness (QED) is 0.633. The molecule has 0 atom stereocenters. The standard InChI is InChI=1S/C14H24N2O4S/c1-4-19-9-8-16-21(17,18)13-6-7-14(20-5-2)12(10-13)11-15-3/h6-7,10,15-16H,4-5,8-9,11H2,1-3H3. The highest BCUT2D eigenvalue weighted by atomic mass is 32.2. The van der Waals surface area contributed by atoms with Crippen LogP contribution in [0.15, 0.2) is 23.1 Å². The summed E-state index contributed by atoms with van der Waals surface area (Å²) < 4.78 is 37.5. The monoisotopic (exact) mass is 316 g/mol. The molecule has 120 valence electrons. The van der Waals surface area contributed by atoms with Crippen molar-refractivity contribution >= 4 is 10.0 Å². The number of hydrogen-bond donors (Lipinski definition) is 2. The van der Waals surface area contributed by atoms with E-state index in [0.29, 0.717) is 32.1 Å². The fourth-order valence-electron chi connectivity index (χ4n) is 1.82. The Morgan fingerprint density at radius 2 is 1.95 bits per heavy atom. The van der Waals surface area contributed by atoms with Crippen molar-refractivity contribution in [3.63, 3.8) is 0 Å². The van der Waals surface area contributed by atoms with Gasteiger partial charge in [-0.15, -0.1) is 0 Å². The van der Waals surface area contributed by atoms with Crippen LogP contribution in [0.5, 0.6) is 5.75 Å². The molecule has 0 aliphatic rings. The van der Waals surface area contributed by atoms with E-state index in [-0.39, 0.29) is 11.4 Å². The fraction of sp³-hybridized carbons (Fsp3) is 0.571. The molecule has 0 fully saturated rings. The molecular formula is C14H24N2O4S. The predicted molar refractivity (Wildman–Crippen MR) is 82.1 cm³/mol. The lowest BCUT2D eigenvalue weighted by Crippen LogP contribution is -2.27. The van der Waals surface area contributed by atoms with Crippen LogP contribution in [0.2, 0.25) is 0 Å². The minimum Gasteiger partial charge on any atom is -0.494 e. The first kappa shape index (κ1) is 17.9. The van der Waals surface area contributed by atoms with Gasteiger partial charge in [0.2, 0.25) is 10.0 Å². The molecule has 1 aromatic rings. The second-order valence-corrected chi connectivity index (χ2v) is 6.09. The highest BCUT2D eigenvalue weighted by molar-refractivity contribution is 7.89. The van der Waals surface area contributed by atoms with Crippen molar-refractivity contribution in [2.24, 2.45) is 0 Å². The molecule has 2 N–H and O–H groups in total. The van der Waals surface area contributed by atoms with Crippen molar-refractivity contribution in [1.82, 2.24) is 10.0 Å². The Hall–Kier alpha value is -1.15. The van der Waals surface area contributed by atoms with E-state index in [1.165, 1.54) is 0 Å². The minimum atomic E-state index is -3.53. The molecule has 0 bridgehead atoms. The molecule has 0 aliphatic carbocycles. The Balaban J connectivity index is 2.88. The maximum Gasteiger partial charge on any atom is 0.240 e. The second kappa shape index (κ2) is 8.99. The van der Waals surface area contributed by atoms with Crippen LogP contribution >= 0.6 is 0 Å². The Kier molecular flexibility index (Phi) is 7.66. The van der Waals surface area contributed by atoms with E-state index in [1.807, 2.05) is 13.8 Å². The van der Waals surface area contributed by atoms with E-state index in [1.54, 1.807) is 25.2 Å². The highest BCUT2D eigenvalue weighted by Gasteiger charge is 2.16. The number of benzene rings is 1. The van der Waals surface area contributed by atoms with E-state index in [9.17, 15) is 8.42 Å². The lowest BCUT2D eigenvalue weighted by Gasteiger charge is -2.13. The average molecular weight is 316 g/mol. The number of hydrogen-bond acceptors (Lipinski definition) is 5. The summed E-state index contributed by atoms with van der Waals surface area (Å²) >= 11 is 0. The Morgan fingerprint density at radius 1 is 1.19 bits per heavy atom. The first-order chi connectivity index (χ1) is 10.0. The van der Waals surface area contributed by atoms with Crippen LogP contribution in [0.25, 0.3) is 0 Å². The zero-order valence-electron chi connectivity index (χ0n) is 12.8. The van der Waals surface area contributed by atoms with Gasteiger partial charge in [-0.1, -0.05) is 0 Å². The molecule has 0 aliphatic heterocycles. The number of ether oxygens (including phenoxy) is 2. The van der Waals surface area contributed by atoms with Gasteiger partial charge in [0.25, 0.3) is 0 Å². The minimum absolute atomic E-state index is 0.229. The molecular weight excluding hydrogens is 292 g/mol. The van der Waals surface area contributed by atoms with E-state index in [0.717, 1.165) is 5.56 Å². The normalized spacial score (nSPS) is 11.6. The molecule has 0 spiro atoms. The molecule has 7 heteroatoms. The van der Waals surface area contributed by atoms with Crippen molar-refractivity contribution in [1.29, 1.82) is 0 Å². The zero-order chi connectivity index (χ0) is 15.7. The van der Waals surface area contributed by atoms with E-state index >= 15 is 0 Å². The summed E-state index contributed by atoms with van der Waals surface area (Å²) in [5.74, 6) is 0.695.